The average Bonchev–Trinajstić information content (AvgIpc) is 2.79. The van der Waals surface area contributed by atoms with Crippen LogP contribution in [0.25, 0.3) is 11.1 Å². The summed E-state index contributed by atoms with van der Waals surface area (Å²) in [7, 11) is 0. The highest BCUT2D eigenvalue weighted by Gasteiger charge is 2.44. The van der Waals surface area contributed by atoms with Gasteiger partial charge in [0.15, 0.2) is 0 Å². The standard InChI is InChI=1S/C22H21F3N4O3/c23-22(24,25)21(31)32-29-11-2-1-5-19(29)20(30)28-18(13-26)12-15-6-8-16(9-7-15)17-4-3-10-27-14-17/h3-4,6-10,14,18-19H,1-2,5,11-12H2,(H,28,30)/t18-,19-/m0/s1. The number of halogens is 3. The van der Waals surface area contributed by atoms with Crippen LogP contribution in [0.2, 0.25) is 0 Å². The number of nitrogens with zero attached hydrogens (tertiary/aromatic N) is 3. The third kappa shape index (κ3) is 6.04. The molecule has 1 aromatic carbocycles. The number of benzene rings is 1. The Bertz CT molecular complexity index is 975. The van der Waals surface area contributed by atoms with Gasteiger partial charge < -0.3 is 10.2 Å². The van der Waals surface area contributed by atoms with Gasteiger partial charge in [-0.05, 0) is 42.0 Å². The molecule has 1 fully saturated rings. The Kier molecular flexibility index (Phi) is 7.43. The first-order valence-corrected chi connectivity index (χ1v) is 10.0. The second-order valence-electron chi connectivity index (χ2n) is 7.36. The first-order valence-electron chi connectivity index (χ1n) is 10.0. The lowest BCUT2D eigenvalue weighted by Gasteiger charge is -2.33. The Hall–Kier alpha value is -3.45. The summed E-state index contributed by atoms with van der Waals surface area (Å²) in [6.45, 7) is 0.00688. The van der Waals surface area contributed by atoms with E-state index in [9.17, 15) is 28.0 Å². The second-order valence-corrected chi connectivity index (χ2v) is 7.36. The van der Waals surface area contributed by atoms with Gasteiger partial charge in [0.25, 0.3) is 0 Å². The molecule has 0 radical (unpaired) electrons. The van der Waals surface area contributed by atoms with E-state index in [1.807, 2.05) is 42.5 Å². The number of carbonyl (C=O) groups is 2. The third-order valence-corrected chi connectivity index (χ3v) is 5.05. The SMILES string of the molecule is N#C[C@H](Cc1ccc(-c2cccnc2)cc1)NC(=O)[C@@H]1CCCCN1OC(=O)C(F)(F)F. The fraction of sp³-hybridized carbons (Fsp3) is 0.364. The van der Waals surface area contributed by atoms with Gasteiger partial charge >= 0.3 is 12.1 Å². The molecule has 0 unspecified atom stereocenters. The summed E-state index contributed by atoms with van der Waals surface area (Å²) in [6.07, 6.45) is -0.245. The van der Waals surface area contributed by atoms with E-state index >= 15 is 0 Å². The minimum atomic E-state index is -5.16. The van der Waals surface area contributed by atoms with Crippen molar-refractivity contribution in [2.45, 2.75) is 43.9 Å². The van der Waals surface area contributed by atoms with Crippen molar-refractivity contribution in [1.82, 2.24) is 15.4 Å². The van der Waals surface area contributed by atoms with Crippen LogP contribution >= 0.6 is 0 Å². The fourth-order valence-corrected chi connectivity index (χ4v) is 3.43. The molecule has 168 valence electrons. The van der Waals surface area contributed by atoms with Gasteiger partial charge in [-0.2, -0.15) is 18.4 Å². The lowest BCUT2D eigenvalue weighted by Crippen LogP contribution is -2.53. The maximum atomic E-state index is 12.7. The number of hydroxylamine groups is 2. The van der Waals surface area contributed by atoms with Gasteiger partial charge in [-0.1, -0.05) is 30.3 Å². The van der Waals surface area contributed by atoms with Crippen LogP contribution in [-0.4, -0.2) is 46.7 Å². The number of amides is 1. The number of hydrogen-bond acceptors (Lipinski definition) is 6. The van der Waals surface area contributed by atoms with Gasteiger partial charge in [0.05, 0.1) is 6.07 Å². The number of piperidine rings is 1. The van der Waals surface area contributed by atoms with Crippen LogP contribution in [-0.2, 0) is 20.8 Å². The van der Waals surface area contributed by atoms with Crippen molar-refractivity contribution in [3.63, 3.8) is 0 Å². The number of nitriles is 1. The molecule has 3 rings (SSSR count). The van der Waals surface area contributed by atoms with Crippen LogP contribution in [0.15, 0.2) is 48.8 Å². The monoisotopic (exact) mass is 446 g/mol. The van der Waals surface area contributed by atoms with Gasteiger partial charge in [0, 0.05) is 25.4 Å². The summed E-state index contributed by atoms with van der Waals surface area (Å²) in [5, 5.41) is 12.8. The Labute approximate surface area is 182 Å². The van der Waals surface area contributed by atoms with Crippen molar-refractivity contribution >= 4 is 11.9 Å². The van der Waals surface area contributed by atoms with E-state index in [0.29, 0.717) is 12.8 Å². The molecule has 32 heavy (non-hydrogen) atoms. The summed E-state index contributed by atoms with van der Waals surface area (Å²) in [5.74, 6) is -3.03. The number of alkyl halides is 3. The van der Waals surface area contributed by atoms with Crippen molar-refractivity contribution in [2.75, 3.05) is 6.54 Å². The van der Waals surface area contributed by atoms with E-state index in [-0.39, 0.29) is 19.4 Å². The normalized spacial score (nSPS) is 17.8. The fourth-order valence-electron chi connectivity index (χ4n) is 3.43. The number of carbonyl (C=O) groups excluding carboxylic acids is 2. The molecule has 1 amide bonds. The molecule has 0 bridgehead atoms. The predicted octanol–water partition coefficient (Wildman–Crippen LogP) is 3.17. The Morgan fingerprint density at radius 3 is 2.59 bits per heavy atom. The molecule has 2 atom stereocenters. The molecule has 10 heteroatoms. The van der Waals surface area contributed by atoms with Crippen LogP contribution in [0.5, 0.6) is 0 Å². The molecule has 0 spiro atoms. The minimum Gasteiger partial charge on any atom is -0.360 e. The first kappa shape index (κ1) is 23.2. The number of hydrogen-bond donors (Lipinski definition) is 1. The molecule has 1 N–H and O–H groups in total. The molecule has 7 nitrogen and oxygen atoms in total. The highest BCUT2D eigenvalue weighted by molar-refractivity contribution is 5.83. The smallest absolute Gasteiger partial charge is 0.360 e. The van der Waals surface area contributed by atoms with Gasteiger partial charge in [-0.15, -0.1) is 5.06 Å². The van der Waals surface area contributed by atoms with Crippen LogP contribution in [0.4, 0.5) is 13.2 Å². The lowest BCUT2D eigenvalue weighted by molar-refractivity contribution is -0.248. The van der Waals surface area contributed by atoms with E-state index in [0.717, 1.165) is 21.8 Å². The zero-order valence-corrected chi connectivity index (χ0v) is 17.0. The molecule has 1 aliphatic heterocycles. The van der Waals surface area contributed by atoms with E-state index in [1.54, 1.807) is 12.4 Å². The molecule has 2 heterocycles. The number of rotatable bonds is 6. The van der Waals surface area contributed by atoms with Crippen molar-refractivity contribution in [3.05, 3.63) is 54.4 Å². The Morgan fingerprint density at radius 1 is 1.22 bits per heavy atom. The largest absolute Gasteiger partial charge is 0.492 e. The predicted molar refractivity (Wildman–Crippen MR) is 107 cm³/mol. The van der Waals surface area contributed by atoms with Gasteiger partial charge in [0.1, 0.15) is 12.1 Å². The average molecular weight is 446 g/mol. The summed E-state index contributed by atoms with van der Waals surface area (Å²) >= 11 is 0. The molecule has 2 aromatic rings. The highest BCUT2D eigenvalue weighted by atomic mass is 19.4. The van der Waals surface area contributed by atoms with Crippen molar-refractivity contribution in [2.24, 2.45) is 0 Å². The molecule has 1 aliphatic rings. The van der Waals surface area contributed by atoms with Crippen LogP contribution < -0.4 is 5.32 Å². The molecule has 0 saturated carbocycles. The topological polar surface area (TPSA) is 95.3 Å². The summed E-state index contributed by atoms with van der Waals surface area (Å²) in [4.78, 5) is 32.3. The maximum Gasteiger partial charge on any atom is 0.492 e. The first-order chi connectivity index (χ1) is 15.3. The lowest BCUT2D eigenvalue weighted by atomic mass is 10.0. The Morgan fingerprint density at radius 2 is 1.97 bits per heavy atom. The van der Waals surface area contributed by atoms with E-state index in [4.69, 9.17) is 0 Å². The van der Waals surface area contributed by atoms with Gasteiger partial charge in [-0.3, -0.25) is 9.78 Å². The van der Waals surface area contributed by atoms with Crippen LogP contribution in [0.1, 0.15) is 24.8 Å². The minimum absolute atomic E-state index is 0.00688. The highest BCUT2D eigenvalue weighted by Crippen LogP contribution is 2.23. The van der Waals surface area contributed by atoms with Crippen LogP contribution in [0.3, 0.4) is 0 Å². The van der Waals surface area contributed by atoms with Crippen molar-refractivity contribution in [3.8, 4) is 17.2 Å². The van der Waals surface area contributed by atoms with E-state index < -0.39 is 30.1 Å². The van der Waals surface area contributed by atoms with E-state index in [2.05, 4.69) is 15.1 Å². The molecule has 1 aromatic heterocycles. The summed E-state index contributed by atoms with van der Waals surface area (Å²) in [5.41, 5.74) is 2.69. The zero-order valence-electron chi connectivity index (χ0n) is 17.0. The molecular weight excluding hydrogens is 425 g/mol. The van der Waals surface area contributed by atoms with Crippen molar-refractivity contribution < 1.29 is 27.6 Å². The third-order valence-electron chi connectivity index (χ3n) is 5.05. The quantitative estimate of drug-likeness (QED) is 0.733. The van der Waals surface area contributed by atoms with E-state index in [1.165, 1.54) is 0 Å². The number of pyridine rings is 1. The maximum absolute atomic E-state index is 12.7. The number of nitrogens with one attached hydrogen (secondary N) is 1. The van der Waals surface area contributed by atoms with Crippen molar-refractivity contribution in [1.29, 1.82) is 5.26 Å². The molecular formula is C22H21F3N4O3. The Balaban J connectivity index is 1.62. The molecule has 0 aliphatic carbocycles. The number of aromatic nitrogens is 1. The van der Waals surface area contributed by atoms with Gasteiger partial charge in [0.2, 0.25) is 5.91 Å². The van der Waals surface area contributed by atoms with Gasteiger partial charge in [-0.25, -0.2) is 4.79 Å². The second kappa shape index (κ2) is 10.2. The molecule has 1 saturated heterocycles. The summed E-state index contributed by atoms with van der Waals surface area (Å²) in [6, 6.07) is 11.2. The van der Waals surface area contributed by atoms with Crippen LogP contribution in [0, 0.1) is 11.3 Å². The summed E-state index contributed by atoms with van der Waals surface area (Å²) < 4.78 is 37.6. The zero-order chi connectivity index (χ0) is 23.1.